The number of H-pyrrole nitrogens is 1. The minimum atomic E-state index is -0.825. The van der Waals surface area contributed by atoms with Crippen LogP contribution in [0.1, 0.15) is 48.8 Å². The zero-order chi connectivity index (χ0) is 20.7. The summed E-state index contributed by atoms with van der Waals surface area (Å²) in [6.07, 6.45) is 2.10. The molecular formula is C19H21N7O3. The molecule has 10 nitrogen and oxygen atoms in total. The smallest absolute Gasteiger partial charge is 0.267 e. The molecule has 0 aliphatic heterocycles. The van der Waals surface area contributed by atoms with E-state index in [9.17, 15) is 14.4 Å². The van der Waals surface area contributed by atoms with Gasteiger partial charge >= 0.3 is 0 Å². The van der Waals surface area contributed by atoms with Gasteiger partial charge in [0.2, 0.25) is 11.9 Å². The predicted octanol–water partition coefficient (Wildman–Crippen LogP) is 1.21. The fraction of sp³-hybridized carbons (Fsp3) is 0.368. The number of aromatic amines is 1. The molecule has 1 atom stereocenters. The van der Waals surface area contributed by atoms with E-state index in [0.717, 1.165) is 18.5 Å². The monoisotopic (exact) mass is 395 g/mol. The van der Waals surface area contributed by atoms with Crippen molar-refractivity contribution in [3.63, 3.8) is 0 Å². The van der Waals surface area contributed by atoms with E-state index < -0.39 is 11.9 Å². The Morgan fingerprint density at radius 2 is 1.93 bits per heavy atom. The standard InChI is InChI=1S/C19H21N7O3/c1-10-9-16(27)22-19(20-10)26-15(8-11(2)23-26)21-18(29)12(3)25-17(28)7-6-14(24-25)13-4-5-13/h6-9,12-13H,4-5H2,1-3H3,(H,21,29)(H,20,22,27). The molecule has 3 aromatic heterocycles. The second-order valence-electron chi connectivity index (χ2n) is 7.27. The summed E-state index contributed by atoms with van der Waals surface area (Å²) in [7, 11) is 0. The second-order valence-corrected chi connectivity index (χ2v) is 7.27. The van der Waals surface area contributed by atoms with E-state index in [0.29, 0.717) is 23.1 Å². The number of carbonyl (C=O) groups excluding carboxylic acids is 1. The largest absolute Gasteiger partial charge is 0.309 e. The zero-order valence-corrected chi connectivity index (χ0v) is 16.3. The number of aromatic nitrogens is 6. The van der Waals surface area contributed by atoms with Crippen LogP contribution in [0.2, 0.25) is 0 Å². The highest BCUT2D eigenvalue weighted by molar-refractivity contribution is 5.92. The van der Waals surface area contributed by atoms with E-state index in [1.165, 1.54) is 21.5 Å². The van der Waals surface area contributed by atoms with Crippen LogP contribution < -0.4 is 16.4 Å². The van der Waals surface area contributed by atoms with E-state index in [2.05, 4.69) is 25.5 Å². The van der Waals surface area contributed by atoms with Gasteiger partial charge in [-0.2, -0.15) is 14.9 Å². The molecule has 1 aliphatic carbocycles. The predicted molar refractivity (Wildman–Crippen MR) is 105 cm³/mol. The van der Waals surface area contributed by atoms with Crippen LogP contribution in [0.3, 0.4) is 0 Å². The van der Waals surface area contributed by atoms with Crippen molar-refractivity contribution in [2.75, 3.05) is 5.32 Å². The Bertz CT molecular complexity index is 1200. The van der Waals surface area contributed by atoms with Gasteiger partial charge in [-0.25, -0.2) is 9.67 Å². The summed E-state index contributed by atoms with van der Waals surface area (Å²) < 4.78 is 2.55. The SMILES string of the molecule is Cc1cc(=O)[nH]c(-n2nc(C)cc2NC(=O)C(C)n2nc(C3CC3)ccc2=O)n1. The fourth-order valence-corrected chi connectivity index (χ4v) is 3.07. The Kier molecular flexibility index (Phi) is 4.61. The van der Waals surface area contributed by atoms with Crippen molar-refractivity contribution < 1.29 is 4.79 Å². The third-order valence-corrected chi connectivity index (χ3v) is 4.73. The number of hydrogen-bond acceptors (Lipinski definition) is 6. The fourth-order valence-electron chi connectivity index (χ4n) is 3.07. The molecule has 29 heavy (non-hydrogen) atoms. The lowest BCUT2D eigenvalue weighted by Crippen LogP contribution is -2.34. The molecule has 4 rings (SSSR count). The summed E-state index contributed by atoms with van der Waals surface area (Å²) in [5.41, 5.74) is 1.32. The highest BCUT2D eigenvalue weighted by atomic mass is 16.2. The Hall–Kier alpha value is -3.56. The first-order valence-corrected chi connectivity index (χ1v) is 9.37. The maximum atomic E-state index is 12.8. The quantitative estimate of drug-likeness (QED) is 0.668. The molecule has 3 aromatic rings. The van der Waals surface area contributed by atoms with Crippen molar-refractivity contribution in [1.29, 1.82) is 0 Å². The van der Waals surface area contributed by atoms with Gasteiger partial charge in [-0.1, -0.05) is 0 Å². The molecule has 1 saturated carbocycles. The molecule has 0 radical (unpaired) electrons. The normalized spacial score (nSPS) is 14.6. The number of aryl methyl sites for hydroxylation is 2. The summed E-state index contributed by atoms with van der Waals surface area (Å²) in [5.74, 6) is 0.464. The van der Waals surface area contributed by atoms with Crippen LogP contribution in [0.15, 0.2) is 33.9 Å². The second kappa shape index (κ2) is 7.12. The van der Waals surface area contributed by atoms with Crippen molar-refractivity contribution in [2.45, 2.75) is 45.6 Å². The molecule has 0 saturated heterocycles. The van der Waals surface area contributed by atoms with Crippen molar-refractivity contribution in [3.05, 3.63) is 62.1 Å². The topological polar surface area (TPSA) is 128 Å². The Morgan fingerprint density at radius 3 is 2.62 bits per heavy atom. The zero-order valence-electron chi connectivity index (χ0n) is 16.3. The number of hydrogen-bond donors (Lipinski definition) is 2. The highest BCUT2D eigenvalue weighted by Crippen LogP contribution is 2.38. The van der Waals surface area contributed by atoms with E-state index in [-0.39, 0.29) is 17.1 Å². The number of rotatable bonds is 5. The minimum Gasteiger partial charge on any atom is -0.309 e. The maximum Gasteiger partial charge on any atom is 0.267 e. The molecule has 1 amide bonds. The Balaban J connectivity index is 1.63. The molecule has 150 valence electrons. The van der Waals surface area contributed by atoms with Gasteiger partial charge in [0, 0.05) is 29.8 Å². The molecule has 0 spiro atoms. The first-order valence-electron chi connectivity index (χ1n) is 9.37. The van der Waals surface area contributed by atoms with Crippen molar-refractivity contribution >= 4 is 11.7 Å². The molecule has 0 aromatic carbocycles. The average Bonchev–Trinajstić information content (AvgIpc) is 3.44. The van der Waals surface area contributed by atoms with Gasteiger partial charge in [0.15, 0.2) is 0 Å². The van der Waals surface area contributed by atoms with Crippen LogP contribution >= 0.6 is 0 Å². The third kappa shape index (κ3) is 3.86. The van der Waals surface area contributed by atoms with Crippen LogP contribution in [-0.4, -0.2) is 35.4 Å². The summed E-state index contributed by atoms with van der Waals surface area (Å²) in [6, 6.07) is 5.36. The molecule has 1 fully saturated rings. The Labute approximate surface area is 165 Å². The highest BCUT2D eigenvalue weighted by Gasteiger charge is 2.27. The van der Waals surface area contributed by atoms with Gasteiger partial charge in [0.05, 0.1) is 11.4 Å². The lowest BCUT2D eigenvalue weighted by molar-refractivity contribution is -0.119. The van der Waals surface area contributed by atoms with Gasteiger partial charge < -0.3 is 5.32 Å². The van der Waals surface area contributed by atoms with Gasteiger partial charge in [-0.05, 0) is 39.7 Å². The maximum absolute atomic E-state index is 12.8. The Morgan fingerprint density at radius 1 is 1.17 bits per heavy atom. The third-order valence-electron chi connectivity index (χ3n) is 4.73. The molecule has 1 unspecified atom stereocenters. The molecular weight excluding hydrogens is 374 g/mol. The number of nitrogens with zero attached hydrogens (tertiary/aromatic N) is 5. The molecule has 10 heteroatoms. The number of amides is 1. The first-order chi connectivity index (χ1) is 13.8. The lowest BCUT2D eigenvalue weighted by Gasteiger charge is -2.15. The molecule has 1 aliphatic rings. The van der Waals surface area contributed by atoms with Crippen molar-refractivity contribution in [3.8, 4) is 5.95 Å². The number of anilines is 1. The van der Waals surface area contributed by atoms with Crippen LogP contribution in [0.25, 0.3) is 5.95 Å². The number of carbonyl (C=O) groups is 1. The average molecular weight is 395 g/mol. The summed E-state index contributed by atoms with van der Waals surface area (Å²) in [6.45, 7) is 5.07. The molecule has 2 N–H and O–H groups in total. The van der Waals surface area contributed by atoms with Crippen LogP contribution in [0, 0.1) is 13.8 Å². The van der Waals surface area contributed by atoms with Crippen molar-refractivity contribution in [1.82, 2.24) is 29.5 Å². The summed E-state index contributed by atoms with van der Waals surface area (Å²) >= 11 is 0. The van der Waals surface area contributed by atoms with Gasteiger partial charge in [-0.3, -0.25) is 19.4 Å². The molecule has 0 bridgehead atoms. The van der Waals surface area contributed by atoms with Crippen molar-refractivity contribution in [2.24, 2.45) is 0 Å². The summed E-state index contributed by atoms with van der Waals surface area (Å²) in [5, 5.41) is 11.4. The molecule has 3 heterocycles. The summed E-state index contributed by atoms with van der Waals surface area (Å²) in [4.78, 5) is 43.7. The van der Waals surface area contributed by atoms with E-state index >= 15 is 0 Å². The van der Waals surface area contributed by atoms with E-state index in [1.807, 2.05) is 0 Å². The van der Waals surface area contributed by atoms with Gasteiger partial charge in [0.25, 0.3) is 11.1 Å². The first kappa shape index (κ1) is 18.8. The van der Waals surface area contributed by atoms with Gasteiger partial charge in [-0.15, -0.1) is 0 Å². The van der Waals surface area contributed by atoms with Crippen LogP contribution in [-0.2, 0) is 4.79 Å². The number of nitrogens with one attached hydrogen (secondary N) is 2. The van der Waals surface area contributed by atoms with Crippen LogP contribution in [0.4, 0.5) is 5.82 Å². The van der Waals surface area contributed by atoms with Gasteiger partial charge in [0.1, 0.15) is 11.9 Å². The lowest BCUT2D eigenvalue weighted by atomic mass is 10.2. The van der Waals surface area contributed by atoms with Crippen LogP contribution in [0.5, 0.6) is 0 Å². The van der Waals surface area contributed by atoms with E-state index in [4.69, 9.17) is 0 Å². The van der Waals surface area contributed by atoms with E-state index in [1.54, 1.807) is 32.9 Å². The minimum absolute atomic E-state index is 0.192.